The number of carbonyl (C=O) groups is 2. The molecule has 2 amide bonds. The van der Waals surface area contributed by atoms with Crippen molar-refractivity contribution in [1.29, 1.82) is 0 Å². The summed E-state index contributed by atoms with van der Waals surface area (Å²) >= 11 is 0. The SMILES string of the molecule is O=C1NC2(CCN(C(=O)c3ccncc3F)CC2)C[C@@H]1c1ccccc1. The van der Waals surface area contributed by atoms with Gasteiger partial charge >= 0.3 is 0 Å². The molecule has 1 atom stereocenters. The van der Waals surface area contributed by atoms with Crippen molar-refractivity contribution in [3.63, 3.8) is 0 Å². The predicted octanol–water partition coefficient (Wildman–Crippen LogP) is 2.50. The number of aromatic nitrogens is 1. The molecule has 0 bridgehead atoms. The Morgan fingerprint density at radius 1 is 1.19 bits per heavy atom. The number of nitrogens with one attached hydrogen (secondary N) is 1. The van der Waals surface area contributed by atoms with Crippen molar-refractivity contribution < 1.29 is 14.0 Å². The molecule has 0 saturated carbocycles. The topological polar surface area (TPSA) is 62.3 Å². The van der Waals surface area contributed by atoms with E-state index in [2.05, 4.69) is 10.3 Å². The van der Waals surface area contributed by atoms with Crippen LogP contribution in [0.4, 0.5) is 4.39 Å². The molecule has 5 nitrogen and oxygen atoms in total. The number of rotatable bonds is 2. The highest BCUT2D eigenvalue weighted by atomic mass is 19.1. The summed E-state index contributed by atoms with van der Waals surface area (Å²) in [6, 6.07) is 11.2. The van der Waals surface area contributed by atoms with Crippen LogP contribution < -0.4 is 5.32 Å². The first-order valence-electron chi connectivity index (χ1n) is 8.84. The Morgan fingerprint density at radius 3 is 2.62 bits per heavy atom. The molecule has 2 aromatic rings. The van der Waals surface area contributed by atoms with Gasteiger partial charge in [0.2, 0.25) is 5.91 Å². The summed E-state index contributed by atoms with van der Waals surface area (Å²) in [4.78, 5) is 30.4. The first-order valence-corrected chi connectivity index (χ1v) is 8.84. The number of halogens is 1. The lowest BCUT2D eigenvalue weighted by atomic mass is 9.82. The molecule has 134 valence electrons. The maximum atomic E-state index is 13.8. The predicted molar refractivity (Wildman–Crippen MR) is 94.0 cm³/mol. The molecule has 1 N–H and O–H groups in total. The zero-order valence-corrected chi connectivity index (χ0v) is 14.3. The Morgan fingerprint density at radius 2 is 1.92 bits per heavy atom. The van der Waals surface area contributed by atoms with Gasteiger partial charge in [0.05, 0.1) is 17.7 Å². The molecule has 1 spiro atoms. The van der Waals surface area contributed by atoms with E-state index in [1.54, 1.807) is 4.90 Å². The van der Waals surface area contributed by atoms with Gasteiger partial charge in [-0.3, -0.25) is 14.6 Å². The molecular weight excluding hydrogens is 333 g/mol. The fraction of sp³-hybridized carbons (Fsp3) is 0.350. The van der Waals surface area contributed by atoms with Crippen molar-refractivity contribution in [2.45, 2.75) is 30.7 Å². The molecule has 0 radical (unpaired) electrons. The number of nitrogens with zero attached hydrogens (tertiary/aromatic N) is 2. The second-order valence-electron chi connectivity index (χ2n) is 7.08. The number of hydrogen-bond donors (Lipinski definition) is 1. The summed E-state index contributed by atoms with van der Waals surface area (Å²) in [5.41, 5.74) is 0.804. The van der Waals surface area contributed by atoms with Crippen molar-refractivity contribution in [2.24, 2.45) is 0 Å². The third-order valence-electron chi connectivity index (χ3n) is 5.51. The van der Waals surface area contributed by atoms with Crippen LogP contribution in [0.1, 0.15) is 41.1 Å². The van der Waals surface area contributed by atoms with Gasteiger partial charge in [-0.05, 0) is 30.9 Å². The largest absolute Gasteiger partial charge is 0.350 e. The van der Waals surface area contributed by atoms with E-state index in [9.17, 15) is 14.0 Å². The van der Waals surface area contributed by atoms with Gasteiger partial charge in [0.1, 0.15) is 0 Å². The summed E-state index contributed by atoms with van der Waals surface area (Å²) in [7, 11) is 0. The smallest absolute Gasteiger partial charge is 0.256 e. The molecule has 0 aliphatic carbocycles. The molecule has 3 heterocycles. The average molecular weight is 353 g/mol. The monoisotopic (exact) mass is 353 g/mol. The minimum atomic E-state index is -0.601. The van der Waals surface area contributed by atoms with E-state index in [4.69, 9.17) is 0 Å². The van der Waals surface area contributed by atoms with E-state index in [1.807, 2.05) is 30.3 Å². The van der Waals surface area contributed by atoms with E-state index in [0.717, 1.165) is 18.2 Å². The zero-order chi connectivity index (χ0) is 18.1. The highest BCUT2D eigenvalue weighted by Crippen LogP contribution is 2.39. The van der Waals surface area contributed by atoms with Crippen molar-refractivity contribution >= 4 is 11.8 Å². The van der Waals surface area contributed by atoms with Gasteiger partial charge in [0.25, 0.3) is 5.91 Å². The van der Waals surface area contributed by atoms with Crippen LogP contribution in [0.2, 0.25) is 0 Å². The lowest BCUT2D eigenvalue weighted by Gasteiger charge is -2.39. The van der Waals surface area contributed by atoms with Crippen molar-refractivity contribution in [2.75, 3.05) is 13.1 Å². The summed E-state index contributed by atoms with van der Waals surface area (Å²) in [6.45, 7) is 1.00. The maximum Gasteiger partial charge on any atom is 0.256 e. The van der Waals surface area contributed by atoms with Gasteiger partial charge in [-0.2, -0.15) is 0 Å². The Labute approximate surface area is 151 Å². The van der Waals surface area contributed by atoms with Crippen LogP contribution in [-0.2, 0) is 4.79 Å². The first-order chi connectivity index (χ1) is 12.6. The standard InChI is InChI=1S/C20H20FN3O2/c21-17-13-22-9-6-15(17)19(26)24-10-7-20(8-11-24)12-16(18(25)23-20)14-4-2-1-3-5-14/h1-6,9,13,16H,7-8,10-12H2,(H,23,25)/t16-/m1/s1. The molecule has 1 aromatic carbocycles. The summed E-state index contributed by atoms with van der Waals surface area (Å²) in [5, 5.41) is 3.17. The lowest BCUT2D eigenvalue weighted by molar-refractivity contribution is -0.121. The highest BCUT2D eigenvalue weighted by molar-refractivity contribution is 5.94. The lowest BCUT2D eigenvalue weighted by Crippen LogP contribution is -2.52. The normalized spacial score (nSPS) is 21.7. The van der Waals surface area contributed by atoms with E-state index < -0.39 is 5.82 Å². The van der Waals surface area contributed by atoms with Gasteiger partial charge in [0.15, 0.2) is 5.82 Å². The maximum absolute atomic E-state index is 13.8. The molecule has 26 heavy (non-hydrogen) atoms. The van der Waals surface area contributed by atoms with Crippen LogP contribution in [-0.4, -0.2) is 40.3 Å². The Kier molecular flexibility index (Phi) is 4.18. The number of benzene rings is 1. The molecule has 4 rings (SSSR count). The van der Waals surface area contributed by atoms with Gasteiger partial charge in [-0.15, -0.1) is 0 Å². The molecule has 0 unspecified atom stereocenters. The zero-order valence-electron chi connectivity index (χ0n) is 14.3. The fourth-order valence-electron chi connectivity index (χ4n) is 4.02. The van der Waals surface area contributed by atoms with Gasteiger partial charge in [-0.25, -0.2) is 4.39 Å². The minimum Gasteiger partial charge on any atom is -0.350 e. The molecule has 1 aromatic heterocycles. The Bertz CT molecular complexity index is 832. The third-order valence-corrected chi connectivity index (χ3v) is 5.51. The van der Waals surface area contributed by atoms with E-state index in [-0.39, 0.29) is 28.8 Å². The van der Waals surface area contributed by atoms with Gasteiger partial charge in [0, 0.05) is 24.8 Å². The van der Waals surface area contributed by atoms with Gasteiger partial charge in [-0.1, -0.05) is 30.3 Å². The number of piperidine rings is 1. The summed E-state index contributed by atoms with van der Waals surface area (Å²) < 4.78 is 13.8. The molecular formula is C20H20FN3O2. The second-order valence-corrected chi connectivity index (χ2v) is 7.08. The molecule has 2 fully saturated rings. The molecule has 2 aliphatic heterocycles. The van der Waals surface area contributed by atoms with Gasteiger partial charge < -0.3 is 10.2 Å². The number of hydrogen-bond acceptors (Lipinski definition) is 3. The quantitative estimate of drug-likeness (QED) is 0.902. The summed E-state index contributed by atoms with van der Waals surface area (Å²) in [6.07, 6.45) is 4.58. The Hall–Kier alpha value is -2.76. The van der Waals surface area contributed by atoms with Crippen LogP contribution in [0.15, 0.2) is 48.8 Å². The van der Waals surface area contributed by atoms with Crippen molar-refractivity contribution in [3.05, 3.63) is 65.7 Å². The Balaban J connectivity index is 1.45. The molecule has 6 heteroatoms. The fourth-order valence-corrected chi connectivity index (χ4v) is 4.02. The second kappa shape index (κ2) is 6.52. The average Bonchev–Trinajstić information content (AvgIpc) is 2.99. The third kappa shape index (κ3) is 2.96. The number of likely N-dealkylation sites (tertiary alicyclic amines) is 1. The van der Waals surface area contributed by atoms with E-state index in [0.29, 0.717) is 25.9 Å². The first kappa shape index (κ1) is 16.7. The minimum absolute atomic E-state index is 0.0496. The molecule has 2 saturated heterocycles. The van der Waals surface area contributed by atoms with Crippen LogP contribution in [0, 0.1) is 5.82 Å². The van der Waals surface area contributed by atoms with Crippen LogP contribution in [0.25, 0.3) is 0 Å². The van der Waals surface area contributed by atoms with Crippen LogP contribution in [0.5, 0.6) is 0 Å². The number of carbonyl (C=O) groups excluding carboxylic acids is 2. The number of pyridine rings is 1. The summed E-state index contributed by atoms with van der Waals surface area (Å²) in [5.74, 6) is -1.01. The van der Waals surface area contributed by atoms with Crippen molar-refractivity contribution in [1.82, 2.24) is 15.2 Å². The van der Waals surface area contributed by atoms with Crippen LogP contribution >= 0.6 is 0 Å². The van der Waals surface area contributed by atoms with E-state index >= 15 is 0 Å². The van der Waals surface area contributed by atoms with Crippen LogP contribution in [0.3, 0.4) is 0 Å². The molecule has 2 aliphatic rings. The van der Waals surface area contributed by atoms with Crippen molar-refractivity contribution in [3.8, 4) is 0 Å². The van der Waals surface area contributed by atoms with E-state index in [1.165, 1.54) is 12.3 Å². The highest BCUT2D eigenvalue weighted by Gasteiger charge is 2.46. The number of amides is 2.